The molecule has 0 unspecified atom stereocenters. The molecule has 0 atom stereocenters. The number of ether oxygens (including phenoxy) is 2. The second-order valence-electron chi connectivity index (χ2n) is 7.13. The molecule has 1 aromatic rings. The Hall–Kier alpha value is -2.18. The largest absolute Gasteiger partial charge is 0.465 e. The molecule has 25 heavy (non-hydrogen) atoms. The molecule has 0 spiro atoms. The maximum Gasteiger partial charge on any atom is 0.410 e. The minimum Gasteiger partial charge on any atom is -0.465 e. The van der Waals surface area contributed by atoms with Gasteiger partial charge in [-0.3, -0.25) is 9.78 Å². The van der Waals surface area contributed by atoms with Crippen molar-refractivity contribution in [1.29, 1.82) is 0 Å². The van der Waals surface area contributed by atoms with E-state index in [2.05, 4.69) is 4.98 Å². The lowest BCUT2D eigenvalue weighted by molar-refractivity contribution is -0.152. The van der Waals surface area contributed by atoms with Gasteiger partial charge in [0.15, 0.2) is 0 Å². The molecule has 0 aliphatic carbocycles. The van der Waals surface area contributed by atoms with Crippen LogP contribution in [0.4, 0.5) is 9.18 Å². The van der Waals surface area contributed by atoms with Crippen LogP contribution in [-0.4, -0.2) is 47.2 Å². The highest BCUT2D eigenvalue weighted by molar-refractivity contribution is 5.83. The summed E-state index contributed by atoms with van der Waals surface area (Å²) in [6.07, 6.45) is 1.39. The molecule has 0 N–H and O–H groups in total. The third kappa shape index (κ3) is 4.46. The number of carbonyl (C=O) groups excluding carboxylic acids is 2. The van der Waals surface area contributed by atoms with Crippen molar-refractivity contribution in [3.63, 3.8) is 0 Å². The molecule has 0 bridgehead atoms. The fourth-order valence-electron chi connectivity index (χ4n) is 2.89. The highest BCUT2D eigenvalue weighted by atomic mass is 19.1. The van der Waals surface area contributed by atoms with Crippen molar-refractivity contribution in [2.24, 2.45) is 0 Å². The van der Waals surface area contributed by atoms with Crippen molar-refractivity contribution < 1.29 is 23.5 Å². The molecule has 1 aliphatic heterocycles. The predicted molar refractivity (Wildman–Crippen MR) is 89.5 cm³/mol. The summed E-state index contributed by atoms with van der Waals surface area (Å²) >= 11 is 0. The van der Waals surface area contributed by atoms with Crippen LogP contribution in [-0.2, 0) is 19.7 Å². The summed E-state index contributed by atoms with van der Waals surface area (Å²) in [6.45, 7) is 8.08. The quantitative estimate of drug-likeness (QED) is 0.782. The Morgan fingerprint density at radius 1 is 1.28 bits per heavy atom. The van der Waals surface area contributed by atoms with Crippen LogP contribution < -0.4 is 0 Å². The Labute approximate surface area is 147 Å². The van der Waals surface area contributed by atoms with Gasteiger partial charge in [0, 0.05) is 13.1 Å². The number of carbonyl (C=O) groups is 2. The average Bonchev–Trinajstić information content (AvgIpc) is 2.54. The van der Waals surface area contributed by atoms with E-state index < -0.39 is 28.9 Å². The number of halogens is 1. The van der Waals surface area contributed by atoms with Crippen LogP contribution in [0.15, 0.2) is 18.3 Å². The predicted octanol–water partition coefficient (Wildman–Crippen LogP) is 3.05. The Kier molecular flexibility index (Phi) is 5.65. The van der Waals surface area contributed by atoms with Crippen LogP contribution in [0.5, 0.6) is 0 Å². The minimum absolute atomic E-state index is 0.248. The zero-order chi connectivity index (χ0) is 18.7. The van der Waals surface area contributed by atoms with Gasteiger partial charge in [-0.1, -0.05) is 0 Å². The highest BCUT2D eigenvalue weighted by Crippen LogP contribution is 2.36. The minimum atomic E-state index is -0.970. The van der Waals surface area contributed by atoms with Gasteiger partial charge in [0.25, 0.3) is 0 Å². The normalized spacial score (nSPS) is 17.1. The standard InChI is InChI=1S/C18H25FN2O4/c1-5-24-15(22)18(14-7-6-13(19)12-20-14)8-10-21(11-9-18)16(23)25-17(2,3)4/h6-7,12H,5,8-11H2,1-4H3. The van der Waals surface area contributed by atoms with Crippen molar-refractivity contribution in [2.45, 2.75) is 51.6 Å². The third-order valence-corrected chi connectivity index (χ3v) is 4.15. The molecule has 1 aromatic heterocycles. The SMILES string of the molecule is CCOC(=O)C1(c2ccc(F)cn2)CCN(C(=O)OC(C)(C)C)CC1. The first-order valence-electron chi connectivity index (χ1n) is 8.45. The van der Waals surface area contributed by atoms with E-state index in [1.54, 1.807) is 32.6 Å². The summed E-state index contributed by atoms with van der Waals surface area (Å²) in [6, 6.07) is 2.79. The summed E-state index contributed by atoms with van der Waals surface area (Å²) < 4.78 is 23.8. The molecule has 138 valence electrons. The van der Waals surface area contributed by atoms with Crippen molar-refractivity contribution in [2.75, 3.05) is 19.7 Å². The summed E-state index contributed by atoms with van der Waals surface area (Å²) in [5.74, 6) is -0.855. The number of likely N-dealkylation sites (tertiary alicyclic amines) is 1. The second-order valence-corrected chi connectivity index (χ2v) is 7.13. The van der Waals surface area contributed by atoms with Crippen LogP contribution in [0.2, 0.25) is 0 Å². The Bertz CT molecular complexity index is 617. The van der Waals surface area contributed by atoms with Gasteiger partial charge < -0.3 is 14.4 Å². The van der Waals surface area contributed by atoms with Crippen molar-refractivity contribution >= 4 is 12.1 Å². The smallest absolute Gasteiger partial charge is 0.410 e. The molecule has 2 rings (SSSR count). The molecule has 1 amide bonds. The van der Waals surface area contributed by atoms with E-state index in [1.165, 1.54) is 12.1 Å². The number of amides is 1. The zero-order valence-electron chi connectivity index (χ0n) is 15.2. The molecule has 0 aromatic carbocycles. The van der Waals surface area contributed by atoms with E-state index in [9.17, 15) is 14.0 Å². The maximum absolute atomic E-state index is 13.2. The molecule has 6 nitrogen and oxygen atoms in total. The van der Waals surface area contributed by atoms with E-state index in [0.29, 0.717) is 31.6 Å². The molecule has 0 saturated carbocycles. The fourth-order valence-corrected chi connectivity index (χ4v) is 2.89. The van der Waals surface area contributed by atoms with Gasteiger partial charge in [0.1, 0.15) is 16.8 Å². The first-order valence-corrected chi connectivity index (χ1v) is 8.45. The van der Waals surface area contributed by atoms with Gasteiger partial charge in [-0.15, -0.1) is 0 Å². The number of nitrogens with zero attached hydrogens (tertiary/aromatic N) is 2. The Morgan fingerprint density at radius 2 is 1.92 bits per heavy atom. The van der Waals surface area contributed by atoms with E-state index >= 15 is 0 Å². The highest BCUT2D eigenvalue weighted by Gasteiger charge is 2.46. The molecule has 2 heterocycles. The second kappa shape index (κ2) is 7.37. The summed E-state index contributed by atoms with van der Waals surface area (Å²) in [7, 11) is 0. The van der Waals surface area contributed by atoms with E-state index in [-0.39, 0.29) is 6.61 Å². The lowest BCUT2D eigenvalue weighted by atomic mass is 9.75. The molecule has 7 heteroatoms. The molecular formula is C18H25FN2O4. The van der Waals surface area contributed by atoms with Crippen molar-refractivity contribution in [1.82, 2.24) is 9.88 Å². The molecule has 0 radical (unpaired) electrons. The van der Waals surface area contributed by atoms with Gasteiger partial charge in [-0.2, -0.15) is 0 Å². The maximum atomic E-state index is 13.2. The van der Waals surface area contributed by atoms with Crippen LogP contribution in [0, 0.1) is 5.82 Å². The van der Waals surface area contributed by atoms with Crippen LogP contribution in [0.25, 0.3) is 0 Å². The van der Waals surface area contributed by atoms with Crippen LogP contribution >= 0.6 is 0 Å². The number of pyridine rings is 1. The lowest BCUT2D eigenvalue weighted by Crippen LogP contribution is -2.51. The first kappa shape index (κ1) is 19.1. The number of esters is 1. The van der Waals surface area contributed by atoms with Gasteiger partial charge in [0.05, 0.1) is 18.5 Å². The van der Waals surface area contributed by atoms with Gasteiger partial charge in [0.2, 0.25) is 0 Å². The van der Waals surface area contributed by atoms with E-state index in [0.717, 1.165) is 6.20 Å². The number of rotatable bonds is 3. The molecule has 1 aliphatic rings. The summed E-state index contributed by atoms with van der Waals surface area (Å²) in [5, 5.41) is 0. The number of hydrogen-bond acceptors (Lipinski definition) is 5. The first-order chi connectivity index (χ1) is 11.7. The van der Waals surface area contributed by atoms with Crippen molar-refractivity contribution in [3.8, 4) is 0 Å². The molecule has 1 fully saturated rings. The van der Waals surface area contributed by atoms with Crippen LogP contribution in [0.1, 0.15) is 46.2 Å². The number of hydrogen-bond donors (Lipinski definition) is 0. The summed E-state index contributed by atoms with van der Waals surface area (Å²) in [5.41, 5.74) is -1.08. The summed E-state index contributed by atoms with van der Waals surface area (Å²) in [4.78, 5) is 30.5. The van der Waals surface area contributed by atoms with Crippen LogP contribution in [0.3, 0.4) is 0 Å². The number of aromatic nitrogens is 1. The Morgan fingerprint density at radius 3 is 2.40 bits per heavy atom. The topological polar surface area (TPSA) is 68.7 Å². The van der Waals surface area contributed by atoms with E-state index in [1.807, 2.05) is 0 Å². The van der Waals surface area contributed by atoms with Gasteiger partial charge >= 0.3 is 12.1 Å². The zero-order valence-corrected chi connectivity index (χ0v) is 15.2. The monoisotopic (exact) mass is 352 g/mol. The lowest BCUT2D eigenvalue weighted by Gasteiger charge is -2.39. The van der Waals surface area contributed by atoms with E-state index in [4.69, 9.17) is 9.47 Å². The fraction of sp³-hybridized carbons (Fsp3) is 0.611. The third-order valence-electron chi connectivity index (χ3n) is 4.15. The average molecular weight is 352 g/mol. The van der Waals surface area contributed by atoms with Gasteiger partial charge in [-0.25, -0.2) is 9.18 Å². The Balaban J connectivity index is 2.19. The molecular weight excluding hydrogens is 327 g/mol. The van der Waals surface area contributed by atoms with Crippen molar-refractivity contribution in [3.05, 3.63) is 29.8 Å². The van der Waals surface area contributed by atoms with Gasteiger partial charge in [-0.05, 0) is 52.7 Å². The molecule has 1 saturated heterocycles. The number of piperidine rings is 1.